The standard InChI is InChI=1S/C10H11F3O2/c1-7-8(4-6-15-7)9(14)3-2-5-10(11,12)13/h4,6H,2-3,5H2,1H3. The highest BCUT2D eigenvalue weighted by molar-refractivity contribution is 5.96. The van der Waals surface area contributed by atoms with Crippen molar-refractivity contribution < 1.29 is 22.4 Å². The first-order valence-corrected chi connectivity index (χ1v) is 4.54. The quantitative estimate of drug-likeness (QED) is 0.727. The summed E-state index contributed by atoms with van der Waals surface area (Å²) in [5.41, 5.74) is 0.372. The second-order valence-electron chi connectivity index (χ2n) is 3.28. The summed E-state index contributed by atoms with van der Waals surface area (Å²) >= 11 is 0. The van der Waals surface area contributed by atoms with E-state index >= 15 is 0 Å². The summed E-state index contributed by atoms with van der Waals surface area (Å²) in [6.07, 6.45) is -4.03. The zero-order valence-corrected chi connectivity index (χ0v) is 8.23. The third kappa shape index (κ3) is 3.77. The Hall–Kier alpha value is -1.26. The molecule has 1 aromatic rings. The fraction of sp³-hybridized carbons (Fsp3) is 0.500. The van der Waals surface area contributed by atoms with Crippen LogP contribution in [-0.2, 0) is 0 Å². The number of hydrogen-bond acceptors (Lipinski definition) is 2. The molecule has 0 radical (unpaired) electrons. The highest BCUT2D eigenvalue weighted by atomic mass is 19.4. The van der Waals surface area contributed by atoms with Crippen LogP contribution >= 0.6 is 0 Å². The number of Topliss-reactive ketones (excluding diaryl/α,β-unsaturated/α-hetero) is 1. The van der Waals surface area contributed by atoms with Crippen LogP contribution < -0.4 is 0 Å². The molecule has 84 valence electrons. The van der Waals surface area contributed by atoms with E-state index in [0.29, 0.717) is 11.3 Å². The average Bonchev–Trinajstić information content (AvgIpc) is 2.48. The van der Waals surface area contributed by atoms with Gasteiger partial charge >= 0.3 is 6.18 Å². The van der Waals surface area contributed by atoms with E-state index in [9.17, 15) is 18.0 Å². The molecular weight excluding hydrogens is 209 g/mol. The van der Waals surface area contributed by atoms with Crippen LogP contribution in [0.15, 0.2) is 16.7 Å². The van der Waals surface area contributed by atoms with E-state index in [0.717, 1.165) is 0 Å². The van der Waals surface area contributed by atoms with Gasteiger partial charge in [0.1, 0.15) is 5.76 Å². The molecule has 2 nitrogen and oxygen atoms in total. The Labute approximate surface area is 85.1 Å². The highest BCUT2D eigenvalue weighted by Gasteiger charge is 2.26. The van der Waals surface area contributed by atoms with Gasteiger partial charge in [-0.1, -0.05) is 0 Å². The van der Waals surface area contributed by atoms with E-state index in [2.05, 4.69) is 0 Å². The largest absolute Gasteiger partial charge is 0.469 e. The number of aryl methyl sites for hydroxylation is 1. The maximum absolute atomic E-state index is 11.8. The lowest BCUT2D eigenvalue weighted by Crippen LogP contribution is -2.08. The molecule has 0 bridgehead atoms. The monoisotopic (exact) mass is 220 g/mol. The Balaban J connectivity index is 2.41. The minimum atomic E-state index is -4.19. The second-order valence-corrected chi connectivity index (χ2v) is 3.28. The van der Waals surface area contributed by atoms with E-state index in [1.54, 1.807) is 6.92 Å². The van der Waals surface area contributed by atoms with Crippen LogP contribution in [0.2, 0.25) is 0 Å². The van der Waals surface area contributed by atoms with Crippen molar-refractivity contribution in [3.63, 3.8) is 0 Å². The molecule has 0 aliphatic heterocycles. The topological polar surface area (TPSA) is 30.2 Å². The third-order valence-electron chi connectivity index (χ3n) is 2.02. The number of carbonyl (C=O) groups excluding carboxylic acids is 1. The van der Waals surface area contributed by atoms with Crippen molar-refractivity contribution in [3.05, 3.63) is 23.7 Å². The van der Waals surface area contributed by atoms with E-state index in [-0.39, 0.29) is 18.6 Å². The normalized spacial score (nSPS) is 11.7. The molecule has 0 unspecified atom stereocenters. The SMILES string of the molecule is Cc1occc1C(=O)CCCC(F)(F)F. The van der Waals surface area contributed by atoms with Gasteiger partial charge in [-0.15, -0.1) is 0 Å². The Bertz CT molecular complexity index is 339. The van der Waals surface area contributed by atoms with Crippen molar-refractivity contribution in [2.45, 2.75) is 32.4 Å². The maximum Gasteiger partial charge on any atom is 0.389 e. The van der Waals surface area contributed by atoms with Crippen molar-refractivity contribution >= 4 is 5.78 Å². The van der Waals surface area contributed by atoms with Gasteiger partial charge in [0, 0.05) is 12.8 Å². The second kappa shape index (κ2) is 4.51. The molecule has 0 amide bonds. The fourth-order valence-electron chi connectivity index (χ4n) is 1.26. The van der Waals surface area contributed by atoms with Crippen LogP contribution in [0, 0.1) is 6.92 Å². The Morgan fingerprint density at radius 1 is 1.47 bits per heavy atom. The predicted octanol–water partition coefficient (Wildman–Crippen LogP) is 3.50. The number of halogens is 3. The first-order valence-electron chi connectivity index (χ1n) is 4.54. The van der Waals surface area contributed by atoms with E-state index in [1.807, 2.05) is 0 Å². The minimum absolute atomic E-state index is 0.0973. The third-order valence-corrected chi connectivity index (χ3v) is 2.02. The van der Waals surface area contributed by atoms with Crippen LogP contribution in [0.1, 0.15) is 35.4 Å². The van der Waals surface area contributed by atoms with Crippen LogP contribution in [0.4, 0.5) is 13.2 Å². The molecule has 5 heteroatoms. The molecular formula is C10H11F3O2. The van der Waals surface area contributed by atoms with Gasteiger partial charge in [0.25, 0.3) is 0 Å². The smallest absolute Gasteiger partial charge is 0.389 e. The number of alkyl halides is 3. The Morgan fingerprint density at radius 2 is 2.13 bits per heavy atom. The number of ketones is 1. The van der Waals surface area contributed by atoms with Crippen molar-refractivity contribution in [3.8, 4) is 0 Å². The summed E-state index contributed by atoms with van der Waals surface area (Å²) in [7, 11) is 0. The van der Waals surface area contributed by atoms with Gasteiger partial charge in [-0.25, -0.2) is 0 Å². The molecule has 15 heavy (non-hydrogen) atoms. The summed E-state index contributed by atoms with van der Waals surface area (Å²) in [6, 6.07) is 1.48. The summed E-state index contributed by atoms with van der Waals surface area (Å²) in [5.74, 6) is 0.150. The molecule has 1 heterocycles. The number of hydrogen-bond donors (Lipinski definition) is 0. The Morgan fingerprint density at radius 3 is 2.60 bits per heavy atom. The summed E-state index contributed by atoms with van der Waals surface area (Å²) in [4.78, 5) is 11.4. The van der Waals surface area contributed by atoms with E-state index < -0.39 is 12.6 Å². The molecule has 0 N–H and O–H groups in total. The van der Waals surface area contributed by atoms with Crippen molar-refractivity contribution in [2.24, 2.45) is 0 Å². The molecule has 0 aliphatic carbocycles. The number of furan rings is 1. The summed E-state index contributed by atoms with van der Waals surface area (Å²) in [6.45, 7) is 1.61. The van der Waals surface area contributed by atoms with E-state index in [4.69, 9.17) is 4.42 Å². The average molecular weight is 220 g/mol. The molecule has 1 rings (SSSR count). The van der Waals surface area contributed by atoms with E-state index in [1.165, 1.54) is 12.3 Å². The Kier molecular flexibility index (Phi) is 3.55. The molecule has 1 aromatic heterocycles. The number of rotatable bonds is 4. The number of carbonyl (C=O) groups is 1. The first-order chi connectivity index (χ1) is 6.90. The van der Waals surface area contributed by atoms with Gasteiger partial charge < -0.3 is 4.42 Å². The molecule has 0 atom stereocenters. The van der Waals surface area contributed by atoms with Crippen LogP contribution in [-0.4, -0.2) is 12.0 Å². The fourth-order valence-corrected chi connectivity index (χ4v) is 1.26. The molecule has 0 aliphatic rings. The van der Waals surface area contributed by atoms with Gasteiger partial charge in [0.05, 0.1) is 11.8 Å². The lowest BCUT2D eigenvalue weighted by Gasteiger charge is -2.04. The van der Waals surface area contributed by atoms with Gasteiger partial charge in [0.2, 0.25) is 0 Å². The molecule has 0 saturated carbocycles. The van der Waals surface area contributed by atoms with Crippen LogP contribution in [0.25, 0.3) is 0 Å². The molecule has 0 fully saturated rings. The van der Waals surface area contributed by atoms with Gasteiger partial charge in [-0.3, -0.25) is 4.79 Å². The van der Waals surface area contributed by atoms with Crippen molar-refractivity contribution in [1.29, 1.82) is 0 Å². The first kappa shape index (κ1) is 11.8. The highest BCUT2D eigenvalue weighted by Crippen LogP contribution is 2.23. The van der Waals surface area contributed by atoms with Gasteiger partial charge in [-0.05, 0) is 19.4 Å². The zero-order valence-electron chi connectivity index (χ0n) is 8.23. The van der Waals surface area contributed by atoms with Gasteiger partial charge in [0.15, 0.2) is 5.78 Å². The minimum Gasteiger partial charge on any atom is -0.469 e. The molecule has 0 spiro atoms. The van der Waals surface area contributed by atoms with Gasteiger partial charge in [-0.2, -0.15) is 13.2 Å². The molecule has 0 aromatic carbocycles. The lowest BCUT2D eigenvalue weighted by atomic mass is 10.1. The molecule has 0 saturated heterocycles. The summed E-state index contributed by atoms with van der Waals surface area (Å²) in [5, 5.41) is 0. The summed E-state index contributed by atoms with van der Waals surface area (Å²) < 4.78 is 40.3. The van der Waals surface area contributed by atoms with Crippen LogP contribution in [0.5, 0.6) is 0 Å². The van der Waals surface area contributed by atoms with Crippen molar-refractivity contribution in [2.75, 3.05) is 0 Å². The zero-order chi connectivity index (χ0) is 11.5. The van der Waals surface area contributed by atoms with Crippen molar-refractivity contribution in [1.82, 2.24) is 0 Å². The van der Waals surface area contributed by atoms with Crippen LogP contribution in [0.3, 0.4) is 0 Å². The maximum atomic E-state index is 11.8. The predicted molar refractivity (Wildman–Crippen MR) is 47.7 cm³/mol. The lowest BCUT2D eigenvalue weighted by molar-refractivity contribution is -0.135.